The summed E-state index contributed by atoms with van der Waals surface area (Å²) in [5, 5.41) is 0. The number of carbonyl (C=O) groups excluding carboxylic acids is 1. The molecule has 1 unspecified atom stereocenters. The van der Waals surface area contributed by atoms with Crippen molar-refractivity contribution < 1.29 is 9.18 Å². The Labute approximate surface area is 115 Å². The summed E-state index contributed by atoms with van der Waals surface area (Å²) in [5.41, 5.74) is 0.00475. The van der Waals surface area contributed by atoms with E-state index in [0.29, 0.717) is 0 Å². The predicted molar refractivity (Wildman–Crippen MR) is 73.8 cm³/mol. The van der Waals surface area contributed by atoms with Crippen molar-refractivity contribution in [3.63, 3.8) is 0 Å². The normalized spacial score (nSPS) is 12.2. The van der Waals surface area contributed by atoms with Crippen molar-refractivity contribution in [1.82, 2.24) is 9.88 Å². The molecule has 0 aliphatic carbocycles. The van der Waals surface area contributed by atoms with Crippen LogP contribution < -0.4 is 0 Å². The van der Waals surface area contributed by atoms with Crippen molar-refractivity contribution in [3.8, 4) is 0 Å². The third-order valence-corrected chi connectivity index (χ3v) is 4.23. The van der Waals surface area contributed by atoms with E-state index in [4.69, 9.17) is 0 Å². The van der Waals surface area contributed by atoms with Crippen molar-refractivity contribution in [3.05, 3.63) is 51.7 Å². The van der Waals surface area contributed by atoms with E-state index in [1.165, 1.54) is 22.0 Å². The Balaban J connectivity index is 2.22. The minimum Gasteiger partial charge on any atom is -0.334 e. The molecule has 3 nitrogen and oxygen atoms in total. The minimum absolute atomic E-state index is 0.00475. The molecule has 0 aromatic carbocycles. The maximum Gasteiger partial charge on any atom is 0.258 e. The Bertz CT molecular complexity index is 597. The molecule has 5 heteroatoms. The van der Waals surface area contributed by atoms with Crippen LogP contribution in [0.25, 0.3) is 0 Å². The molecular formula is C14H15FN2OS. The standard InChI is InChI=1S/C14H15FN2OS/c1-9-6-7-12(19-9)10(2)17(3)14(18)11-5-4-8-16-13(11)15/h4-8,10H,1-3H3. The lowest BCUT2D eigenvalue weighted by Gasteiger charge is -2.24. The van der Waals surface area contributed by atoms with Crippen molar-refractivity contribution in [2.24, 2.45) is 0 Å². The number of thiophene rings is 1. The smallest absolute Gasteiger partial charge is 0.258 e. The van der Waals surface area contributed by atoms with Crippen molar-refractivity contribution in [1.29, 1.82) is 0 Å². The van der Waals surface area contributed by atoms with Crippen LogP contribution in [-0.2, 0) is 0 Å². The Kier molecular flexibility index (Phi) is 3.95. The Hall–Kier alpha value is -1.75. The number of carbonyl (C=O) groups is 1. The first kappa shape index (κ1) is 13.7. The molecule has 0 spiro atoms. The summed E-state index contributed by atoms with van der Waals surface area (Å²) in [5.74, 6) is -1.09. The molecule has 0 radical (unpaired) electrons. The van der Waals surface area contributed by atoms with Gasteiger partial charge in [-0.05, 0) is 38.1 Å². The zero-order chi connectivity index (χ0) is 14.0. The lowest BCUT2D eigenvalue weighted by atomic mass is 10.2. The second kappa shape index (κ2) is 5.48. The molecule has 0 aliphatic heterocycles. The number of aryl methyl sites for hydroxylation is 1. The molecule has 0 saturated heterocycles. The van der Waals surface area contributed by atoms with E-state index in [9.17, 15) is 9.18 Å². The van der Waals surface area contributed by atoms with Crippen LogP contribution in [0.15, 0.2) is 30.5 Å². The van der Waals surface area contributed by atoms with E-state index in [1.54, 1.807) is 24.5 Å². The molecule has 0 bridgehead atoms. The van der Waals surface area contributed by atoms with Gasteiger partial charge in [-0.15, -0.1) is 11.3 Å². The molecule has 1 amide bonds. The molecule has 2 aromatic rings. The fraction of sp³-hybridized carbons (Fsp3) is 0.286. The number of pyridine rings is 1. The van der Waals surface area contributed by atoms with Gasteiger partial charge in [0, 0.05) is 23.0 Å². The summed E-state index contributed by atoms with van der Waals surface area (Å²) in [4.78, 5) is 19.5. The molecule has 0 fully saturated rings. The monoisotopic (exact) mass is 278 g/mol. The average molecular weight is 278 g/mol. The number of hydrogen-bond donors (Lipinski definition) is 0. The summed E-state index contributed by atoms with van der Waals surface area (Å²) in [6.45, 7) is 3.95. The summed E-state index contributed by atoms with van der Waals surface area (Å²) in [7, 11) is 1.68. The summed E-state index contributed by atoms with van der Waals surface area (Å²) in [6, 6.07) is 6.93. The molecule has 2 aromatic heterocycles. The number of hydrogen-bond acceptors (Lipinski definition) is 3. The first-order valence-corrected chi connectivity index (χ1v) is 6.76. The highest BCUT2D eigenvalue weighted by molar-refractivity contribution is 7.12. The van der Waals surface area contributed by atoms with Gasteiger partial charge >= 0.3 is 0 Å². The predicted octanol–water partition coefficient (Wildman–Crippen LogP) is 3.42. The summed E-state index contributed by atoms with van der Waals surface area (Å²) in [6.07, 6.45) is 1.33. The first-order chi connectivity index (χ1) is 9.00. The Morgan fingerprint density at radius 3 is 2.74 bits per heavy atom. The van der Waals surface area contributed by atoms with Gasteiger partial charge in [0.15, 0.2) is 0 Å². The molecule has 0 N–H and O–H groups in total. The van der Waals surface area contributed by atoms with Gasteiger partial charge in [-0.3, -0.25) is 4.79 Å². The number of amides is 1. The van der Waals surface area contributed by atoms with Crippen molar-refractivity contribution in [2.45, 2.75) is 19.9 Å². The van der Waals surface area contributed by atoms with E-state index >= 15 is 0 Å². The fourth-order valence-corrected chi connectivity index (χ4v) is 2.75. The van der Waals surface area contributed by atoms with Crippen LogP contribution in [0.5, 0.6) is 0 Å². The first-order valence-electron chi connectivity index (χ1n) is 5.94. The van der Waals surface area contributed by atoms with Crippen LogP contribution in [-0.4, -0.2) is 22.8 Å². The van der Waals surface area contributed by atoms with Gasteiger partial charge < -0.3 is 4.90 Å². The van der Waals surface area contributed by atoms with Crippen LogP contribution >= 0.6 is 11.3 Å². The molecule has 0 aliphatic rings. The van der Waals surface area contributed by atoms with E-state index in [0.717, 1.165) is 4.88 Å². The summed E-state index contributed by atoms with van der Waals surface area (Å²) < 4.78 is 13.5. The second-order valence-corrected chi connectivity index (χ2v) is 5.70. The van der Waals surface area contributed by atoms with Crippen molar-refractivity contribution in [2.75, 3.05) is 7.05 Å². The second-order valence-electron chi connectivity index (χ2n) is 4.38. The van der Waals surface area contributed by atoms with Crippen molar-refractivity contribution >= 4 is 17.2 Å². The van der Waals surface area contributed by atoms with Crippen LogP contribution in [0.4, 0.5) is 4.39 Å². The zero-order valence-electron chi connectivity index (χ0n) is 11.1. The van der Waals surface area contributed by atoms with Crippen LogP contribution in [0.1, 0.15) is 33.1 Å². The largest absolute Gasteiger partial charge is 0.334 e. The third-order valence-electron chi connectivity index (χ3n) is 3.06. The number of halogens is 1. The quantitative estimate of drug-likeness (QED) is 0.806. The van der Waals surface area contributed by atoms with Gasteiger partial charge in [0.2, 0.25) is 5.95 Å². The van der Waals surface area contributed by atoms with Crippen LogP contribution in [0.3, 0.4) is 0 Å². The maximum absolute atomic E-state index is 13.5. The minimum atomic E-state index is -0.728. The van der Waals surface area contributed by atoms with E-state index in [2.05, 4.69) is 4.98 Å². The van der Waals surface area contributed by atoms with Crippen LogP contribution in [0.2, 0.25) is 0 Å². The molecule has 1 atom stereocenters. The lowest BCUT2D eigenvalue weighted by molar-refractivity contribution is 0.0739. The molecule has 100 valence electrons. The molecule has 0 saturated carbocycles. The maximum atomic E-state index is 13.5. The van der Waals surface area contributed by atoms with Gasteiger partial charge in [-0.1, -0.05) is 0 Å². The third kappa shape index (κ3) is 2.81. The Morgan fingerprint density at radius 2 is 2.16 bits per heavy atom. The number of aromatic nitrogens is 1. The fourth-order valence-electron chi connectivity index (χ4n) is 1.78. The zero-order valence-corrected chi connectivity index (χ0v) is 11.9. The van der Waals surface area contributed by atoms with Gasteiger partial charge in [-0.25, -0.2) is 4.98 Å². The van der Waals surface area contributed by atoms with E-state index in [-0.39, 0.29) is 17.5 Å². The Morgan fingerprint density at radius 1 is 1.42 bits per heavy atom. The SMILES string of the molecule is Cc1ccc(C(C)N(C)C(=O)c2cccnc2F)s1. The molecule has 19 heavy (non-hydrogen) atoms. The van der Waals surface area contributed by atoms with Gasteiger partial charge in [-0.2, -0.15) is 4.39 Å². The van der Waals surface area contributed by atoms with E-state index < -0.39 is 5.95 Å². The highest BCUT2D eigenvalue weighted by Gasteiger charge is 2.22. The van der Waals surface area contributed by atoms with Gasteiger partial charge in [0.05, 0.1) is 11.6 Å². The molecule has 2 heterocycles. The molecular weight excluding hydrogens is 263 g/mol. The number of rotatable bonds is 3. The molecule has 2 rings (SSSR count). The topological polar surface area (TPSA) is 33.2 Å². The summed E-state index contributed by atoms with van der Waals surface area (Å²) >= 11 is 1.64. The average Bonchev–Trinajstić information content (AvgIpc) is 2.83. The highest BCUT2D eigenvalue weighted by atomic mass is 32.1. The van der Waals surface area contributed by atoms with Gasteiger partial charge in [0.1, 0.15) is 0 Å². The van der Waals surface area contributed by atoms with Crippen LogP contribution in [0, 0.1) is 12.9 Å². The van der Waals surface area contributed by atoms with Gasteiger partial charge in [0.25, 0.3) is 5.91 Å². The highest BCUT2D eigenvalue weighted by Crippen LogP contribution is 2.27. The number of nitrogens with zero attached hydrogens (tertiary/aromatic N) is 2. The lowest BCUT2D eigenvalue weighted by Crippen LogP contribution is -2.30. The van der Waals surface area contributed by atoms with E-state index in [1.807, 2.05) is 26.0 Å².